The van der Waals surface area contributed by atoms with Crippen LogP contribution >= 0.6 is 11.3 Å². The maximum absolute atomic E-state index is 9.96. The summed E-state index contributed by atoms with van der Waals surface area (Å²) in [5, 5.41) is 13.4. The standard InChI is InChI=1S/C16H17N5OS/c1-9-7-21(11-6-4-3-5-10(9)11)13-12-15(19-8-18-13)23-16(20-12)14(22)17-2/h3-6,8-9,14,17,22H,7H2,1-2H3. The minimum atomic E-state index is -0.785. The average molecular weight is 327 g/mol. The highest BCUT2D eigenvalue weighted by Crippen LogP contribution is 2.42. The summed E-state index contributed by atoms with van der Waals surface area (Å²) in [5.41, 5.74) is 3.24. The zero-order valence-corrected chi connectivity index (χ0v) is 13.7. The van der Waals surface area contributed by atoms with E-state index in [2.05, 4.69) is 50.3 Å². The molecule has 0 spiro atoms. The van der Waals surface area contributed by atoms with Crippen molar-refractivity contribution in [2.45, 2.75) is 19.1 Å². The fraction of sp³-hybridized carbons (Fsp3) is 0.312. The van der Waals surface area contributed by atoms with Crippen LogP contribution in [0.1, 0.15) is 29.6 Å². The number of aromatic nitrogens is 3. The molecule has 0 bridgehead atoms. The lowest BCUT2D eigenvalue weighted by Gasteiger charge is -2.18. The zero-order valence-electron chi connectivity index (χ0n) is 12.9. The van der Waals surface area contributed by atoms with Crippen LogP contribution in [0.2, 0.25) is 0 Å². The Bertz CT molecular complexity index is 865. The number of thiazole rings is 1. The number of anilines is 2. The zero-order chi connectivity index (χ0) is 16.0. The van der Waals surface area contributed by atoms with E-state index in [9.17, 15) is 5.11 Å². The first-order valence-electron chi connectivity index (χ1n) is 7.52. The van der Waals surface area contributed by atoms with Gasteiger partial charge in [-0.3, -0.25) is 5.32 Å². The van der Waals surface area contributed by atoms with Gasteiger partial charge in [-0.2, -0.15) is 0 Å². The van der Waals surface area contributed by atoms with E-state index in [4.69, 9.17) is 0 Å². The Morgan fingerprint density at radius 3 is 3.00 bits per heavy atom. The third-order valence-corrected chi connectivity index (χ3v) is 5.19. The van der Waals surface area contributed by atoms with Crippen molar-refractivity contribution >= 4 is 33.2 Å². The summed E-state index contributed by atoms with van der Waals surface area (Å²) in [5.74, 6) is 1.25. The van der Waals surface area contributed by atoms with E-state index in [1.165, 1.54) is 22.6 Å². The molecule has 0 amide bonds. The molecule has 3 heterocycles. The highest BCUT2D eigenvalue weighted by Gasteiger charge is 2.29. The van der Waals surface area contributed by atoms with Crippen LogP contribution in [0, 0.1) is 0 Å². The van der Waals surface area contributed by atoms with E-state index in [1.807, 2.05) is 6.07 Å². The number of para-hydroxylation sites is 1. The van der Waals surface area contributed by atoms with E-state index < -0.39 is 6.23 Å². The average Bonchev–Trinajstić information content (AvgIpc) is 3.16. The maximum atomic E-state index is 9.96. The first-order chi connectivity index (χ1) is 11.2. The fourth-order valence-corrected chi connectivity index (χ4v) is 3.92. The number of nitrogens with zero attached hydrogens (tertiary/aromatic N) is 4. The predicted octanol–water partition coefficient (Wildman–Crippen LogP) is 2.55. The molecule has 1 aliphatic heterocycles. The van der Waals surface area contributed by atoms with Gasteiger partial charge in [0.25, 0.3) is 0 Å². The molecule has 6 nitrogen and oxygen atoms in total. The minimum Gasteiger partial charge on any atom is -0.372 e. The van der Waals surface area contributed by atoms with Crippen LogP contribution in [0.3, 0.4) is 0 Å². The van der Waals surface area contributed by atoms with Gasteiger partial charge in [0.05, 0.1) is 0 Å². The minimum absolute atomic E-state index is 0.442. The number of aliphatic hydroxyl groups is 1. The van der Waals surface area contributed by atoms with Crippen molar-refractivity contribution in [2.24, 2.45) is 0 Å². The number of rotatable bonds is 3. The molecule has 2 atom stereocenters. The molecule has 0 saturated carbocycles. The Hall–Kier alpha value is -2.09. The van der Waals surface area contributed by atoms with E-state index in [0.29, 0.717) is 10.9 Å². The molecule has 0 saturated heterocycles. The van der Waals surface area contributed by atoms with Gasteiger partial charge in [0, 0.05) is 18.2 Å². The van der Waals surface area contributed by atoms with Gasteiger partial charge < -0.3 is 10.0 Å². The van der Waals surface area contributed by atoms with Gasteiger partial charge >= 0.3 is 0 Å². The second kappa shape index (κ2) is 5.52. The van der Waals surface area contributed by atoms with Crippen molar-refractivity contribution in [2.75, 3.05) is 18.5 Å². The Balaban J connectivity index is 1.85. The molecular formula is C16H17N5OS. The second-order valence-electron chi connectivity index (χ2n) is 5.66. The van der Waals surface area contributed by atoms with Crippen LogP contribution in [0.4, 0.5) is 11.5 Å². The van der Waals surface area contributed by atoms with Crippen molar-refractivity contribution in [1.29, 1.82) is 0 Å². The smallest absolute Gasteiger partial charge is 0.164 e. The third-order valence-electron chi connectivity index (χ3n) is 4.17. The lowest BCUT2D eigenvalue weighted by atomic mass is 10.0. The molecule has 2 N–H and O–H groups in total. The van der Waals surface area contributed by atoms with Crippen molar-refractivity contribution in [3.05, 3.63) is 41.2 Å². The van der Waals surface area contributed by atoms with E-state index >= 15 is 0 Å². The van der Waals surface area contributed by atoms with Crippen molar-refractivity contribution < 1.29 is 5.11 Å². The highest BCUT2D eigenvalue weighted by molar-refractivity contribution is 7.18. The number of nitrogens with one attached hydrogen (secondary N) is 1. The van der Waals surface area contributed by atoms with Crippen LogP contribution in [0.5, 0.6) is 0 Å². The number of aliphatic hydroxyl groups excluding tert-OH is 1. The summed E-state index contributed by atoms with van der Waals surface area (Å²) in [7, 11) is 1.70. The van der Waals surface area contributed by atoms with E-state index in [-0.39, 0.29) is 0 Å². The summed E-state index contributed by atoms with van der Waals surface area (Å²) in [4.78, 5) is 16.3. The van der Waals surface area contributed by atoms with Gasteiger partial charge in [0.2, 0.25) is 0 Å². The van der Waals surface area contributed by atoms with Gasteiger partial charge in [-0.25, -0.2) is 15.0 Å². The molecule has 23 heavy (non-hydrogen) atoms. The predicted molar refractivity (Wildman–Crippen MR) is 91.1 cm³/mol. The van der Waals surface area contributed by atoms with E-state index in [0.717, 1.165) is 22.7 Å². The molecule has 2 aromatic heterocycles. The number of hydrogen-bond acceptors (Lipinski definition) is 7. The van der Waals surface area contributed by atoms with Gasteiger partial charge in [-0.1, -0.05) is 36.5 Å². The molecule has 7 heteroatoms. The van der Waals surface area contributed by atoms with Gasteiger partial charge in [-0.15, -0.1) is 0 Å². The molecule has 4 rings (SSSR count). The molecule has 2 unspecified atom stereocenters. The molecule has 3 aromatic rings. The topological polar surface area (TPSA) is 74.2 Å². The van der Waals surface area contributed by atoms with Crippen molar-refractivity contribution in [3.63, 3.8) is 0 Å². The summed E-state index contributed by atoms with van der Waals surface area (Å²) < 4.78 is 0. The highest BCUT2D eigenvalue weighted by atomic mass is 32.1. The Morgan fingerprint density at radius 2 is 2.17 bits per heavy atom. The number of fused-ring (bicyclic) bond motifs is 2. The van der Waals surface area contributed by atoms with Crippen LogP contribution in [0.15, 0.2) is 30.6 Å². The fourth-order valence-electron chi connectivity index (χ4n) is 3.02. The van der Waals surface area contributed by atoms with Gasteiger partial charge in [0.1, 0.15) is 21.7 Å². The van der Waals surface area contributed by atoms with Crippen molar-refractivity contribution in [3.8, 4) is 0 Å². The first kappa shape index (κ1) is 14.5. The maximum Gasteiger partial charge on any atom is 0.164 e. The lowest BCUT2D eigenvalue weighted by Crippen LogP contribution is -2.17. The normalized spacial score (nSPS) is 18.4. The summed E-state index contributed by atoms with van der Waals surface area (Å²) in [6.45, 7) is 3.08. The first-order valence-corrected chi connectivity index (χ1v) is 8.34. The Labute approximate surface area is 137 Å². The third kappa shape index (κ3) is 2.28. The molecule has 0 fully saturated rings. The summed E-state index contributed by atoms with van der Waals surface area (Å²) >= 11 is 1.38. The van der Waals surface area contributed by atoms with Gasteiger partial charge in [0.15, 0.2) is 12.0 Å². The van der Waals surface area contributed by atoms with E-state index in [1.54, 1.807) is 13.4 Å². The van der Waals surface area contributed by atoms with Crippen LogP contribution < -0.4 is 10.2 Å². The largest absolute Gasteiger partial charge is 0.372 e. The lowest BCUT2D eigenvalue weighted by molar-refractivity contribution is 0.149. The van der Waals surface area contributed by atoms with Crippen LogP contribution in [0.25, 0.3) is 10.3 Å². The molecule has 118 valence electrons. The molecule has 1 aliphatic rings. The van der Waals surface area contributed by atoms with Crippen molar-refractivity contribution in [1.82, 2.24) is 20.3 Å². The Kier molecular flexibility index (Phi) is 3.48. The Morgan fingerprint density at radius 1 is 1.35 bits per heavy atom. The molecular weight excluding hydrogens is 310 g/mol. The molecule has 0 radical (unpaired) electrons. The number of benzene rings is 1. The van der Waals surface area contributed by atoms with Gasteiger partial charge in [-0.05, 0) is 18.7 Å². The van der Waals surface area contributed by atoms with Crippen LogP contribution in [-0.2, 0) is 0 Å². The molecule has 0 aliphatic carbocycles. The molecule has 1 aromatic carbocycles. The summed E-state index contributed by atoms with van der Waals surface area (Å²) in [6, 6.07) is 8.39. The summed E-state index contributed by atoms with van der Waals surface area (Å²) in [6.07, 6.45) is 0.781. The second-order valence-corrected chi connectivity index (χ2v) is 6.67. The quantitative estimate of drug-likeness (QED) is 0.720. The van der Waals surface area contributed by atoms with Crippen LogP contribution in [-0.4, -0.2) is 33.7 Å². The SMILES string of the molecule is CNC(O)c1nc2c(N3CC(C)c4ccccc43)ncnc2s1. The number of hydrogen-bond donors (Lipinski definition) is 2. The monoisotopic (exact) mass is 327 g/mol.